The molecule has 3 rings (SSSR count). The van der Waals surface area contributed by atoms with E-state index in [0.717, 1.165) is 16.8 Å². The predicted molar refractivity (Wildman–Crippen MR) is 110 cm³/mol. The molecule has 0 aliphatic heterocycles. The van der Waals surface area contributed by atoms with E-state index in [1.165, 1.54) is 6.21 Å². The van der Waals surface area contributed by atoms with E-state index < -0.39 is 0 Å². The highest BCUT2D eigenvalue weighted by Crippen LogP contribution is 2.29. The predicted octanol–water partition coefficient (Wildman–Crippen LogP) is 5.12. The Morgan fingerprint density at radius 2 is 1.85 bits per heavy atom. The summed E-state index contributed by atoms with van der Waals surface area (Å²) in [5.41, 5.74) is 5.28. The van der Waals surface area contributed by atoms with Crippen LogP contribution in [0.4, 0.5) is 5.69 Å². The molecule has 1 amide bonds. The van der Waals surface area contributed by atoms with Crippen molar-refractivity contribution in [3.05, 3.63) is 76.0 Å². The van der Waals surface area contributed by atoms with Crippen molar-refractivity contribution in [1.29, 1.82) is 0 Å². The average molecular weight is 402 g/mol. The van der Waals surface area contributed by atoms with Crippen LogP contribution in [0.1, 0.15) is 11.3 Å². The van der Waals surface area contributed by atoms with Crippen LogP contribution < -0.4 is 10.7 Å². The highest BCUT2D eigenvalue weighted by Gasteiger charge is 2.06. The number of hydrazone groups is 1. The fourth-order valence-corrected chi connectivity index (χ4v) is 2.59. The first-order valence-corrected chi connectivity index (χ1v) is 8.94. The van der Waals surface area contributed by atoms with Gasteiger partial charge in [0, 0.05) is 11.3 Å². The second kappa shape index (κ2) is 8.75. The first kappa shape index (κ1) is 19.0. The molecular weight excluding hydrogens is 385 g/mol. The highest BCUT2D eigenvalue weighted by molar-refractivity contribution is 6.42. The van der Waals surface area contributed by atoms with Crippen molar-refractivity contribution in [1.82, 2.24) is 5.43 Å². The fourth-order valence-electron chi connectivity index (χ4n) is 2.29. The van der Waals surface area contributed by atoms with Crippen molar-refractivity contribution < 1.29 is 9.21 Å². The van der Waals surface area contributed by atoms with Gasteiger partial charge in [-0.05, 0) is 49.4 Å². The zero-order valence-corrected chi connectivity index (χ0v) is 16.0. The maximum atomic E-state index is 11.8. The Morgan fingerprint density at radius 3 is 2.59 bits per heavy atom. The summed E-state index contributed by atoms with van der Waals surface area (Å²) < 4.78 is 5.67. The summed E-state index contributed by atoms with van der Waals surface area (Å²) in [6, 6.07) is 16.6. The molecule has 138 valence electrons. The molecule has 5 nitrogen and oxygen atoms in total. The molecule has 2 N–H and O–H groups in total. The number of rotatable bonds is 6. The number of nitrogens with one attached hydrogen (secondary N) is 2. The number of benzene rings is 2. The Hall–Kier alpha value is -2.76. The molecule has 1 heterocycles. The van der Waals surface area contributed by atoms with Gasteiger partial charge in [0.15, 0.2) is 0 Å². The van der Waals surface area contributed by atoms with E-state index >= 15 is 0 Å². The van der Waals surface area contributed by atoms with E-state index in [1.807, 2.05) is 37.3 Å². The summed E-state index contributed by atoms with van der Waals surface area (Å²) in [6.45, 7) is 2.12. The monoisotopic (exact) mass is 401 g/mol. The average Bonchev–Trinajstić information content (AvgIpc) is 3.12. The number of hydrogen-bond donors (Lipinski definition) is 2. The molecule has 27 heavy (non-hydrogen) atoms. The Morgan fingerprint density at radius 1 is 1.07 bits per heavy atom. The van der Waals surface area contributed by atoms with Crippen LogP contribution in [0.3, 0.4) is 0 Å². The third-order valence-corrected chi connectivity index (χ3v) is 4.46. The van der Waals surface area contributed by atoms with Crippen LogP contribution >= 0.6 is 23.2 Å². The minimum absolute atomic E-state index is 0.118. The fraction of sp³-hybridized carbons (Fsp3) is 0.100. The molecule has 2 aromatic carbocycles. The minimum atomic E-state index is -0.261. The first-order chi connectivity index (χ1) is 13.0. The molecule has 7 heteroatoms. The number of halogens is 2. The van der Waals surface area contributed by atoms with Crippen LogP contribution in [0.25, 0.3) is 11.3 Å². The highest BCUT2D eigenvalue weighted by atomic mass is 35.5. The number of nitrogens with zero attached hydrogens (tertiary/aromatic N) is 1. The molecule has 0 radical (unpaired) electrons. The van der Waals surface area contributed by atoms with Gasteiger partial charge in [-0.1, -0.05) is 40.9 Å². The van der Waals surface area contributed by atoms with E-state index in [9.17, 15) is 4.79 Å². The minimum Gasteiger partial charge on any atom is -0.455 e. The molecule has 0 bridgehead atoms. The largest absolute Gasteiger partial charge is 0.455 e. The molecule has 0 aliphatic carbocycles. The number of hydrogen-bond acceptors (Lipinski definition) is 4. The zero-order valence-electron chi connectivity index (χ0n) is 14.5. The lowest BCUT2D eigenvalue weighted by atomic mass is 10.2. The van der Waals surface area contributed by atoms with E-state index in [2.05, 4.69) is 15.8 Å². The van der Waals surface area contributed by atoms with Crippen molar-refractivity contribution in [2.45, 2.75) is 6.92 Å². The van der Waals surface area contributed by atoms with Crippen LogP contribution in [0.15, 0.2) is 64.1 Å². The quantitative estimate of drug-likeness (QED) is 0.444. The molecule has 0 saturated heterocycles. The Bertz CT molecular complexity index is 966. The summed E-state index contributed by atoms with van der Waals surface area (Å²) in [5.74, 6) is 0.869. The van der Waals surface area contributed by atoms with Crippen molar-refractivity contribution >= 4 is 41.0 Å². The van der Waals surface area contributed by atoms with Crippen LogP contribution in [0.2, 0.25) is 10.0 Å². The van der Waals surface area contributed by atoms with Crippen molar-refractivity contribution in [2.24, 2.45) is 5.10 Å². The van der Waals surface area contributed by atoms with Gasteiger partial charge >= 0.3 is 0 Å². The van der Waals surface area contributed by atoms with Crippen LogP contribution in [-0.4, -0.2) is 18.7 Å². The lowest BCUT2D eigenvalue weighted by Gasteiger charge is -2.05. The summed E-state index contributed by atoms with van der Waals surface area (Å²) in [6.07, 6.45) is 1.44. The number of anilines is 1. The van der Waals surface area contributed by atoms with E-state index in [-0.39, 0.29) is 12.5 Å². The second-order valence-electron chi connectivity index (χ2n) is 5.84. The third kappa shape index (κ3) is 5.36. The van der Waals surface area contributed by atoms with E-state index in [4.69, 9.17) is 27.6 Å². The third-order valence-electron chi connectivity index (χ3n) is 3.72. The lowest BCUT2D eigenvalue weighted by molar-refractivity contribution is -0.119. The van der Waals surface area contributed by atoms with Gasteiger partial charge in [0.25, 0.3) is 5.91 Å². The molecule has 3 aromatic rings. The van der Waals surface area contributed by atoms with Crippen molar-refractivity contribution in [3.8, 4) is 11.3 Å². The van der Waals surface area contributed by atoms with E-state index in [1.54, 1.807) is 24.3 Å². The van der Waals surface area contributed by atoms with Gasteiger partial charge in [-0.15, -0.1) is 0 Å². The Labute approximate surface area is 167 Å². The number of aryl methyl sites for hydroxylation is 1. The molecule has 0 fully saturated rings. The summed E-state index contributed by atoms with van der Waals surface area (Å²) in [7, 11) is 0. The lowest BCUT2D eigenvalue weighted by Crippen LogP contribution is -2.25. The maximum absolute atomic E-state index is 11.8. The molecule has 0 unspecified atom stereocenters. The normalized spacial score (nSPS) is 10.9. The maximum Gasteiger partial charge on any atom is 0.259 e. The second-order valence-corrected chi connectivity index (χ2v) is 6.66. The first-order valence-electron chi connectivity index (χ1n) is 8.19. The SMILES string of the molecule is Cc1ccc(NCC(=O)N/N=C/c2ccc(-c3ccc(Cl)c(Cl)c3)o2)cc1. The molecule has 0 spiro atoms. The van der Waals surface area contributed by atoms with Gasteiger partial charge in [0.2, 0.25) is 0 Å². The van der Waals surface area contributed by atoms with Gasteiger partial charge < -0.3 is 9.73 Å². The van der Waals surface area contributed by atoms with Gasteiger partial charge in [0.05, 0.1) is 22.8 Å². The molecule has 0 saturated carbocycles. The van der Waals surface area contributed by atoms with Crippen LogP contribution in [0.5, 0.6) is 0 Å². The Kier molecular flexibility index (Phi) is 6.16. The number of amides is 1. The van der Waals surface area contributed by atoms with E-state index in [0.29, 0.717) is 21.6 Å². The number of furan rings is 1. The Balaban J connectivity index is 1.52. The zero-order chi connectivity index (χ0) is 19.2. The standard InChI is InChI=1S/C20H17Cl2N3O2/c1-13-2-5-15(6-3-13)23-12-20(26)25-24-11-16-7-9-19(27-16)14-4-8-17(21)18(22)10-14/h2-11,23H,12H2,1H3,(H,25,26)/b24-11+. The molecule has 0 aliphatic rings. The van der Waals surface area contributed by atoms with Gasteiger partial charge in [0.1, 0.15) is 11.5 Å². The summed E-state index contributed by atoms with van der Waals surface area (Å²) in [4.78, 5) is 11.8. The molecule has 0 atom stereocenters. The topological polar surface area (TPSA) is 66.6 Å². The van der Waals surface area contributed by atoms with Gasteiger partial charge in [-0.25, -0.2) is 5.43 Å². The summed E-state index contributed by atoms with van der Waals surface area (Å²) in [5, 5.41) is 7.86. The summed E-state index contributed by atoms with van der Waals surface area (Å²) >= 11 is 11.9. The van der Waals surface area contributed by atoms with Crippen molar-refractivity contribution in [3.63, 3.8) is 0 Å². The van der Waals surface area contributed by atoms with Crippen LogP contribution in [0, 0.1) is 6.92 Å². The van der Waals surface area contributed by atoms with Gasteiger partial charge in [-0.3, -0.25) is 4.79 Å². The van der Waals surface area contributed by atoms with Crippen LogP contribution in [-0.2, 0) is 4.79 Å². The van der Waals surface area contributed by atoms with Crippen molar-refractivity contribution in [2.75, 3.05) is 11.9 Å². The number of carbonyl (C=O) groups is 1. The molecular formula is C20H17Cl2N3O2. The van der Waals surface area contributed by atoms with Gasteiger partial charge in [-0.2, -0.15) is 5.10 Å². The number of carbonyl (C=O) groups excluding carboxylic acids is 1. The molecule has 1 aromatic heterocycles. The smallest absolute Gasteiger partial charge is 0.259 e.